The molecule has 7 aliphatic rings. The van der Waals surface area contributed by atoms with Gasteiger partial charge in [-0.05, 0) is 93.9 Å². The number of piperidine rings is 1. The number of nitrogens with one attached hydrogen (secondary N) is 1. The van der Waals surface area contributed by atoms with E-state index >= 15 is 0 Å². The van der Waals surface area contributed by atoms with Crippen LogP contribution in [-0.4, -0.2) is 53.1 Å². The molecule has 2 aliphatic heterocycles. The molecule has 30 heavy (non-hydrogen) atoms. The third kappa shape index (κ3) is 2.76. The fourth-order valence-corrected chi connectivity index (χ4v) is 8.21. The SMILES string of the molecule is N#C[C@@H]1C[C@@H]2C[C@@H]2N1C(=O)[C@@H](N)C12CC3CC(CC(OC(=O)[C@@H]4CCCN4)(C3)C1)C2. The van der Waals surface area contributed by atoms with Crippen LogP contribution in [0, 0.1) is 34.5 Å². The van der Waals surface area contributed by atoms with Crippen LogP contribution in [0.15, 0.2) is 0 Å². The Labute approximate surface area is 177 Å². The molecule has 2 heterocycles. The van der Waals surface area contributed by atoms with Crippen molar-refractivity contribution in [2.75, 3.05) is 6.54 Å². The van der Waals surface area contributed by atoms with Gasteiger partial charge in [0.1, 0.15) is 17.7 Å². The summed E-state index contributed by atoms with van der Waals surface area (Å²) in [6.45, 7) is 0.874. The summed E-state index contributed by atoms with van der Waals surface area (Å²) < 4.78 is 6.25. The van der Waals surface area contributed by atoms with Crippen molar-refractivity contribution in [3.63, 3.8) is 0 Å². The normalized spacial score (nSPS) is 48.9. The summed E-state index contributed by atoms with van der Waals surface area (Å²) in [5.41, 5.74) is 6.00. The molecule has 0 aromatic carbocycles. The molecule has 0 radical (unpaired) electrons. The van der Waals surface area contributed by atoms with E-state index in [9.17, 15) is 14.9 Å². The number of esters is 1. The van der Waals surface area contributed by atoms with Crippen LogP contribution in [0.3, 0.4) is 0 Å². The molecule has 3 N–H and O–H groups in total. The maximum Gasteiger partial charge on any atom is 0.323 e. The average molecular weight is 413 g/mol. The first kappa shape index (κ1) is 19.1. The molecule has 7 atom stereocenters. The monoisotopic (exact) mass is 412 g/mol. The Hall–Kier alpha value is -1.65. The van der Waals surface area contributed by atoms with Crippen molar-refractivity contribution in [2.45, 2.75) is 94.0 Å². The van der Waals surface area contributed by atoms with Crippen LogP contribution in [0.4, 0.5) is 0 Å². The number of amides is 1. The number of fused-ring (bicyclic) bond motifs is 1. The number of likely N-dealkylation sites (tertiary alicyclic amines) is 1. The molecule has 1 amide bonds. The predicted molar refractivity (Wildman–Crippen MR) is 108 cm³/mol. The van der Waals surface area contributed by atoms with Gasteiger partial charge >= 0.3 is 5.97 Å². The number of hydrogen-bond donors (Lipinski definition) is 2. The summed E-state index contributed by atoms with van der Waals surface area (Å²) in [6.07, 6.45) is 9.29. The van der Waals surface area contributed by atoms with E-state index in [1.165, 1.54) is 6.42 Å². The van der Waals surface area contributed by atoms with Gasteiger partial charge in [-0.15, -0.1) is 0 Å². The second-order valence-corrected chi connectivity index (χ2v) is 11.2. The largest absolute Gasteiger partial charge is 0.458 e. The van der Waals surface area contributed by atoms with Gasteiger partial charge < -0.3 is 20.7 Å². The molecule has 7 rings (SSSR count). The summed E-state index contributed by atoms with van der Waals surface area (Å²) in [6, 6.07) is 1.45. The van der Waals surface area contributed by atoms with Crippen molar-refractivity contribution in [1.29, 1.82) is 5.26 Å². The second kappa shape index (κ2) is 6.43. The smallest absolute Gasteiger partial charge is 0.323 e. The minimum absolute atomic E-state index is 0.0348. The lowest BCUT2D eigenvalue weighted by molar-refractivity contribution is -0.207. The molecule has 5 saturated carbocycles. The van der Waals surface area contributed by atoms with Crippen molar-refractivity contribution < 1.29 is 14.3 Å². The Morgan fingerprint density at radius 3 is 2.60 bits per heavy atom. The van der Waals surface area contributed by atoms with Gasteiger partial charge in [0.25, 0.3) is 0 Å². The lowest BCUT2D eigenvalue weighted by atomic mass is 9.46. The maximum atomic E-state index is 13.5. The van der Waals surface area contributed by atoms with Gasteiger partial charge in [-0.3, -0.25) is 9.59 Å². The van der Waals surface area contributed by atoms with Crippen molar-refractivity contribution in [1.82, 2.24) is 10.2 Å². The molecule has 2 saturated heterocycles. The third-order valence-electron chi connectivity index (χ3n) is 9.15. The molecule has 0 spiro atoms. The van der Waals surface area contributed by atoms with Crippen molar-refractivity contribution in [3.8, 4) is 6.07 Å². The minimum atomic E-state index is -0.596. The van der Waals surface area contributed by atoms with Gasteiger partial charge in [0.2, 0.25) is 5.91 Å². The van der Waals surface area contributed by atoms with E-state index in [0.29, 0.717) is 24.2 Å². The van der Waals surface area contributed by atoms with E-state index in [-0.39, 0.29) is 35.4 Å². The van der Waals surface area contributed by atoms with E-state index in [1.54, 1.807) is 0 Å². The van der Waals surface area contributed by atoms with E-state index < -0.39 is 11.6 Å². The fraction of sp³-hybridized carbons (Fsp3) is 0.870. The van der Waals surface area contributed by atoms with Crippen LogP contribution in [0.5, 0.6) is 0 Å². The lowest BCUT2D eigenvalue weighted by Crippen LogP contribution is -2.66. The zero-order chi connectivity index (χ0) is 20.7. The summed E-state index contributed by atoms with van der Waals surface area (Å²) in [5.74, 6) is 1.30. The fourth-order valence-electron chi connectivity index (χ4n) is 8.21. The number of nitrogens with zero attached hydrogens (tertiary/aromatic N) is 2. The van der Waals surface area contributed by atoms with E-state index in [1.807, 2.05) is 4.90 Å². The molecule has 7 heteroatoms. The van der Waals surface area contributed by atoms with E-state index in [2.05, 4.69) is 11.4 Å². The number of rotatable bonds is 4. The zero-order valence-corrected chi connectivity index (χ0v) is 17.5. The topological polar surface area (TPSA) is 108 Å². The molecule has 5 aliphatic carbocycles. The van der Waals surface area contributed by atoms with E-state index in [4.69, 9.17) is 10.5 Å². The first-order valence-corrected chi connectivity index (χ1v) is 11.9. The van der Waals surface area contributed by atoms with Crippen molar-refractivity contribution in [3.05, 3.63) is 0 Å². The molecule has 0 aromatic rings. The molecule has 0 aromatic heterocycles. The third-order valence-corrected chi connectivity index (χ3v) is 9.15. The molecular weight excluding hydrogens is 380 g/mol. The quantitative estimate of drug-likeness (QED) is 0.677. The second-order valence-electron chi connectivity index (χ2n) is 11.2. The number of nitrogens with two attached hydrogens (primary N) is 1. The number of carbonyl (C=O) groups is 2. The van der Waals surface area contributed by atoms with Gasteiger partial charge in [-0.25, -0.2) is 0 Å². The molecule has 7 fully saturated rings. The standard InChI is InChI=1S/C23H32N4O3/c24-11-16-5-15-6-18(15)27(16)20(28)19(25)22-7-13-4-14(8-22)10-23(9-13,12-22)30-21(29)17-2-1-3-26-17/h13-19,26H,1-10,12,25H2/t13?,14?,15-,16+,17+,18+,19-,22?,23?/m1/s1. The van der Waals surface area contributed by atoms with Crippen LogP contribution in [0.1, 0.15) is 64.2 Å². The Kier molecular flexibility index (Phi) is 4.09. The molecule has 4 bridgehead atoms. The van der Waals surface area contributed by atoms with Gasteiger partial charge in [0.05, 0.1) is 12.1 Å². The summed E-state index contributed by atoms with van der Waals surface area (Å²) in [4.78, 5) is 28.2. The number of ether oxygens (including phenoxy) is 1. The molecule has 162 valence electrons. The van der Waals surface area contributed by atoms with Crippen LogP contribution >= 0.6 is 0 Å². The Balaban J connectivity index is 1.24. The Bertz CT molecular complexity index is 802. The van der Waals surface area contributed by atoms with E-state index in [0.717, 1.165) is 57.9 Å². The van der Waals surface area contributed by atoms with Crippen LogP contribution < -0.4 is 11.1 Å². The average Bonchev–Trinajstić information content (AvgIpc) is 3.12. The number of nitriles is 1. The lowest BCUT2D eigenvalue weighted by Gasteiger charge is -2.62. The Morgan fingerprint density at radius 2 is 1.93 bits per heavy atom. The van der Waals surface area contributed by atoms with Crippen LogP contribution in [0.25, 0.3) is 0 Å². The van der Waals surface area contributed by atoms with Gasteiger partial charge in [0, 0.05) is 6.04 Å². The minimum Gasteiger partial charge on any atom is -0.458 e. The molecule has 2 unspecified atom stereocenters. The van der Waals surface area contributed by atoms with Gasteiger partial charge in [-0.2, -0.15) is 5.26 Å². The zero-order valence-electron chi connectivity index (χ0n) is 17.5. The number of carbonyl (C=O) groups excluding carboxylic acids is 2. The van der Waals surface area contributed by atoms with Crippen LogP contribution in [0.2, 0.25) is 0 Å². The Morgan fingerprint density at radius 1 is 1.17 bits per heavy atom. The van der Waals surface area contributed by atoms with Crippen molar-refractivity contribution >= 4 is 11.9 Å². The van der Waals surface area contributed by atoms with Gasteiger partial charge in [-0.1, -0.05) is 0 Å². The molecule has 7 nitrogen and oxygen atoms in total. The van der Waals surface area contributed by atoms with Gasteiger partial charge in [0.15, 0.2) is 0 Å². The maximum absolute atomic E-state index is 13.5. The summed E-state index contributed by atoms with van der Waals surface area (Å²) >= 11 is 0. The predicted octanol–water partition coefficient (Wildman–Crippen LogP) is 1.46. The highest BCUT2D eigenvalue weighted by atomic mass is 16.6. The first-order chi connectivity index (χ1) is 14.4. The highest BCUT2D eigenvalue weighted by Gasteiger charge is 2.64. The van der Waals surface area contributed by atoms with Crippen LogP contribution in [-0.2, 0) is 14.3 Å². The molecular formula is C23H32N4O3. The number of hydrogen-bond acceptors (Lipinski definition) is 6. The first-order valence-electron chi connectivity index (χ1n) is 11.9. The summed E-state index contributed by atoms with van der Waals surface area (Å²) in [5, 5.41) is 12.8. The van der Waals surface area contributed by atoms with Crippen molar-refractivity contribution in [2.24, 2.45) is 28.9 Å². The highest BCUT2D eigenvalue weighted by molar-refractivity contribution is 5.84. The highest BCUT2D eigenvalue weighted by Crippen LogP contribution is 2.64. The summed E-state index contributed by atoms with van der Waals surface area (Å²) in [7, 11) is 0.